The van der Waals surface area contributed by atoms with Gasteiger partial charge in [0.1, 0.15) is 22.4 Å². The van der Waals surface area contributed by atoms with Crippen LogP contribution in [0.25, 0.3) is 17.3 Å². The van der Waals surface area contributed by atoms with Crippen LogP contribution >= 0.6 is 15.9 Å². The molecule has 4 heterocycles. The fourth-order valence-corrected chi connectivity index (χ4v) is 4.78. The summed E-state index contributed by atoms with van der Waals surface area (Å²) in [6, 6.07) is 8.24. The van der Waals surface area contributed by atoms with E-state index in [1.54, 1.807) is 17.0 Å². The van der Waals surface area contributed by atoms with Crippen molar-refractivity contribution < 1.29 is 4.42 Å². The molecule has 0 bridgehead atoms. The van der Waals surface area contributed by atoms with Gasteiger partial charge in [-0.1, -0.05) is 50.8 Å². The largest absolute Gasteiger partial charge is 0.448 e. The predicted octanol–water partition coefficient (Wildman–Crippen LogP) is 6.43. The lowest BCUT2D eigenvalue weighted by molar-refractivity contribution is 0.459. The Balaban J connectivity index is 0.00000141. The molecular formula is C27H31BrN6O. The molecule has 1 unspecified atom stereocenters. The molecule has 8 heteroatoms. The van der Waals surface area contributed by atoms with Crippen molar-refractivity contribution in [2.75, 3.05) is 23.7 Å². The van der Waals surface area contributed by atoms with E-state index < -0.39 is 0 Å². The summed E-state index contributed by atoms with van der Waals surface area (Å²) in [6.45, 7) is 13.7. The van der Waals surface area contributed by atoms with E-state index in [9.17, 15) is 0 Å². The molecule has 0 radical (unpaired) electrons. The lowest BCUT2D eigenvalue weighted by Crippen LogP contribution is -2.22. The maximum atomic E-state index is 6.48. The number of fused-ring (bicyclic) bond motifs is 1. The summed E-state index contributed by atoms with van der Waals surface area (Å²) < 4.78 is 8.05. The summed E-state index contributed by atoms with van der Waals surface area (Å²) >= 11 is 3.65. The number of hydrogen-bond acceptors (Lipinski definition) is 6. The fourth-order valence-electron chi connectivity index (χ4n) is 4.27. The molecule has 182 valence electrons. The van der Waals surface area contributed by atoms with E-state index in [4.69, 9.17) is 15.1 Å². The summed E-state index contributed by atoms with van der Waals surface area (Å²) in [5.41, 5.74) is 12.2. The average Bonchev–Trinajstić information content (AvgIpc) is 3.62. The SMILES string of the molecule is C=C/C(=C\c1ccccc1C)c1cnn2c(N)c(Br)c(N3CCC(c4nc(C)co4)C3)nc12.CC. The highest BCUT2D eigenvalue weighted by atomic mass is 79.9. The molecule has 1 aliphatic heterocycles. The zero-order chi connectivity index (χ0) is 25.1. The quantitative estimate of drug-likeness (QED) is 0.297. The first-order valence-corrected chi connectivity index (χ1v) is 12.7. The normalized spacial score (nSPS) is 15.9. The smallest absolute Gasteiger partial charge is 0.199 e. The number of hydrogen-bond donors (Lipinski definition) is 1. The van der Waals surface area contributed by atoms with Crippen LogP contribution in [0.15, 0.2) is 58.3 Å². The lowest BCUT2D eigenvalue weighted by Gasteiger charge is -2.20. The maximum Gasteiger partial charge on any atom is 0.199 e. The molecule has 2 N–H and O–H groups in total. The van der Waals surface area contributed by atoms with Gasteiger partial charge in [-0.2, -0.15) is 9.61 Å². The van der Waals surface area contributed by atoms with Gasteiger partial charge in [-0.15, -0.1) is 0 Å². The van der Waals surface area contributed by atoms with Gasteiger partial charge in [-0.25, -0.2) is 9.97 Å². The van der Waals surface area contributed by atoms with Crippen molar-refractivity contribution in [3.05, 3.63) is 82.1 Å². The Morgan fingerprint density at radius 3 is 2.69 bits per heavy atom. The third kappa shape index (κ3) is 4.75. The number of aryl methyl sites for hydroxylation is 2. The van der Waals surface area contributed by atoms with Gasteiger partial charge in [0.25, 0.3) is 0 Å². The molecule has 1 aliphatic rings. The van der Waals surface area contributed by atoms with Gasteiger partial charge in [0.2, 0.25) is 0 Å². The highest BCUT2D eigenvalue weighted by Crippen LogP contribution is 2.37. The zero-order valence-corrected chi connectivity index (χ0v) is 22.2. The zero-order valence-electron chi connectivity index (χ0n) is 20.6. The van der Waals surface area contributed by atoms with Gasteiger partial charge in [-0.3, -0.25) is 0 Å². The Morgan fingerprint density at radius 2 is 2.00 bits per heavy atom. The summed E-state index contributed by atoms with van der Waals surface area (Å²) in [4.78, 5) is 11.7. The number of benzene rings is 1. The van der Waals surface area contributed by atoms with Crippen molar-refractivity contribution in [3.8, 4) is 0 Å². The Hall–Kier alpha value is -3.39. The Morgan fingerprint density at radius 1 is 1.23 bits per heavy atom. The maximum absolute atomic E-state index is 6.48. The van der Waals surface area contributed by atoms with Gasteiger partial charge in [0, 0.05) is 18.7 Å². The van der Waals surface area contributed by atoms with Gasteiger partial charge in [0.05, 0.1) is 17.8 Å². The number of allylic oxidation sites excluding steroid dienone is 2. The highest BCUT2D eigenvalue weighted by molar-refractivity contribution is 9.10. The number of nitrogens with two attached hydrogens (primary N) is 1. The van der Waals surface area contributed by atoms with Crippen LogP contribution in [0.3, 0.4) is 0 Å². The summed E-state index contributed by atoms with van der Waals surface area (Å²) in [5, 5.41) is 4.51. The third-order valence-electron chi connectivity index (χ3n) is 6.11. The van der Waals surface area contributed by atoms with Crippen LogP contribution in [0.1, 0.15) is 54.5 Å². The average molecular weight is 535 g/mol. The fraction of sp³-hybridized carbons (Fsp3) is 0.296. The molecule has 0 saturated carbocycles. The first kappa shape index (κ1) is 24.7. The highest BCUT2D eigenvalue weighted by Gasteiger charge is 2.30. The molecular weight excluding hydrogens is 504 g/mol. The molecule has 1 saturated heterocycles. The molecule has 1 fully saturated rings. The Labute approximate surface area is 214 Å². The standard InChI is InChI=1S/C25H25BrN6O.C2H6/c1-4-17(11-18-8-6-5-7-15(18)2)20-12-28-32-22(27)21(26)24(30-23(20)32)31-10-9-19(13-31)25-29-16(3)14-33-25;1-2/h4-8,11-12,14,19H,1,9-10,13,27H2,2-3H3;1-2H3/b17-11+;. The van der Waals surface area contributed by atoms with E-state index in [1.165, 1.54) is 5.56 Å². The summed E-state index contributed by atoms with van der Waals surface area (Å²) in [5.74, 6) is 2.31. The van der Waals surface area contributed by atoms with Crippen molar-refractivity contribution in [1.29, 1.82) is 0 Å². The van der Waals surface area contributed by atoms with Crippen molar-refractivity contribution in [1.82, 2.24) is 19.6 Å². The van der Waals surface area contributed by atoms with Crippen molar-refractivity contribution >= 4 is 44.9 Å². The van der Waals surface area contributed by atoms with Crippen molar-refractivity contribution in [3.63, 3.8) is 0 Å². The first-order chi connectivity index (χ1) is 17.0. The van der Waals surface area contributed by atoms with Crippen LogP contribution in [0.2, 0.25) is 0 Å². The predicted molar refractivity (Wildman–Crippen MR) is 147 cm³/mol. The van der Waals surface area contributed by atoms with E-state index in [2.05, 4.69) is 62.6 Å². The molecule has 7 nitrogen and oxygen atoms in total. The molecule has 3 aromatic heterocycles. The Kier molecular flexibility index (Phi) is 7.40. The molecule has 5 rings (SSSR count). The van der Waals surface area contributed by atoms with E-state index in [1.807, 2.05) is 39.0 Å². The topological polar surface area (TPSA) is 85.5 Å². The van der Waals surface area contributed by atoms with E-state index in [0.717, 1.165) is 58.1 Å². The van der Waals surface area contributed by atoms with Crippen LogP contribution < -0.4 is 10.6 Å². The number of oxazole rings is 1. The van der Waals surface area contributed by atoms with Gasteiger partial charge in [0.15, 0.2) is 11.5 Å². The van der Waals surface area contributed by atoms with Crippen molar-refractivity contribution in [2.45, 2.75) is 40.0 Å². The van der Waals surface area contributed by atoms with Crippen LogP contribution in [-0.2, 0) is 0 Å². The summed E-state index contributed by atoms with van der Waals surface area (Å²) in [6.07, 6.45) is 8.38. The minimum atomic E-state index is 0.221. The lowest BCUT2D eigenvalue weighted by atomic mass is 10.0. The van der Waals surface area contributed by atoms with E-state index >= 15 is 0 Å². The second kappa shape index (κ2) is 10.5. The number of nitrogens with zero attached hydrogens (tertiary/aromatic N) is 5. The van der Waals surface area contributed by atoms with E-state index in [0.29, 0.717) is 11.5 Å². The van der Waals surface area contributed by atoms with Crippen LogP contribution in [0.4, 0.5) is 11.6 Å². The number of halogens is 1. The van der Waals surface area contributed by atoms with Crippen LogP contribution in [0, 0.1) is 13.8 Å². The Bertz CT molecular complexity index is 1390. The van der Waals surface area contributed by atoms with Crippen LogP contribution in [-0.4, -0.2) is 32.7 Å². The second-order valence-electron chi connectivity index (χ2n) is 8.35. The van der Waals surface area contributed by atoms with Gasteiger partial charge >= 0.3 is 0 Å². The first-order valence-electron chi connectivity index (χ1n) is 11.9. The van der Waals surface area contributed by atoms with Crippen molar-refractivity contribution in [2.24, 2.45) is 0 Å². The monoisotopic (exact) mass is 534 g/mol. The molecule has 0 spiro atoms. The number of rotatable bonds is 5. The minimum Gasteiger partial charge on any atom is -0.448 e. The molecule has 0 amide bonds. The van der Waals surface area contributed by atoms with Gasteiger partial charge < -0.3 is 15.1 Å². The molecule has 4 aromatic rings. The number of nitrogen functional groups attached to an aromatic ring is 1. The summed E-state index contributed by atoms with van der Waals surface area (Å²) in [7, 11) is 0. The second-order valence-corrected chi connectivity index (χ2v) is 9.14. The third-order valence-corrected chi connectivity index (χ3v) is 6.87. The van der Waals surface area contributed by atoms with E-state index in [-0.39, 0.29) is 5.92 Å². The van der Waals surface area contributed by atoms with Gasteiger partial charge in [-0.05, 0) is 59.0 Å². The molecule has 0 aliphatic carbocycles. The number of aromatic nitrogens is 4. The number of anilines is 2. The minimum absolute atomic E-state index is 0.221. The van der Waals surface area contributed by atoms with Crippen LogP contribution in [0.5, 0.6) is 0 Å². The molecule has 1 atom stereocenters. The molecule has 1 aromatic carbocycles. The molecule has 35 heavy (non-hydrogen) atoms.